The smallest absolute Gasteiger partial charge is 0.233 e. The van der Waals surface area contributed by atoms with Crippen molar-refractivity contribution >= 4 is 5.91 Å². The topological polar surface area (TPSA) is 58.4 Å². The lowest BCUT2D eigenvalue weighted by atomic mass is 9.93. The molecule has 0 aromatic rings. The zero-order valence-corrected chi connectivity index (χ0v) is 9.67. The predicted octanol–water partition coefficient (Wildman–Crippen LogP) is 0.879. The Kier molecular flexibility index (Phi) is 5.65. The number of nitrogens with zero attached hydrogens (tertiary/aromatic N) is 1. The van der Waals surface area contributed by atoms with Gasteiger partial charge in [-0.15, -0.1) is 0 Å². The molecule has 0 aromatic carbocycles. The first-order chi connectivity index (χ1) is 7.22. The van der Waals surface area contributed by atoms with Gasteiger partial charge in [-0.3, -0.25) is 10.2 Å². The number of rotatable bonds is 5. The molecular formula is C11H23N3O. The molecule has 1 aliphatic rings. The third-order valence-corrected chi connectivity index (χ3v) is 3.15. The zero-order valence-electron chi connectivity index (χ0n) is 9.67. The van der Waals surface area contributed by atoms with Gasteiger partial charge >= 0.3 is 0 Å². The third-order valence-electron chi connectivity index (χ3n) is 3.15. The van der Waals surface area contributed by atoms with E-state index in [-0.39, 0.29) is 5.91 Å². The van der Waals surface area contributed by atoms with Crippen LogP contribution in [0.4, 0.5) is 0 Å². The van der Waals surface area contributed by atoms with Gasteiger partial charge in [0.1, 0.15) is 0 Å². The van der Waals surface area contributed by atoms with Gasteiger partial charge in [0.25, 0.3) is 0 Å². The lowest BCUT2D eigenvalue weighted by Crippen LogP contribution is -2.32. The van der Waals surface area contributed by atoms with Crippen molar-refractivity contribution in [1.29, 1.82) is 0 Å². The zero-order chi connectivity index (χ0) is 11.1. The number of piperidine rings is 1. The van der Waals surface area contributed by atoms with E-state index in [2.05, 4.69) is 17.4 Å². The molecule has 88 valence electrons. The minimum Gasteiger partial charge on any atom is -0.306 e. The van der Waals surface area contributed by atoms with E-state index in [1.807, 2.05) is 0 Å². The Balaban J connectivity index is 2.02. The minimum absolute atomic E-state index is 0.0456. The molecule has 4 heteroatoms. The second-order valence-corrected chi connectivity index (χ2v) is 4.58. The van der Waals surface area contributed by atoms with Gasteiger partial charge in [0.2, 0.25) is 5.91 Å². The molecule has 1 heterocycles. The highest BCUT2D eigenvalue weighted by Crippen LogP contribution is 2.20. The molecule has 0 radical (unpaired) electrons. The Morgan fingerprint density at radius 3 is 3.00 bits per heavy atom. The number of carbonyl (C=O) groups is 1. The molecule has 4 nitrogen and oxygen atoms in total. The highest BCUT2D eigenvalue weighted by Gasteiger charge is 2.16. The van der Waals surface area contributed by atoms with E-state index in [1.54, 1.807) is 0 Å². The summed E-state index contributed by atoms with van der Waals surface area (Å²) in [6, 6.07) is 0. The first kappa shape index (κ1) is 12.5. The van der Waals surface area contributed by atoms with Crippen molar-refractivity contribution in [2.45, 2.75) is 38.5 Å². The van der Waals surface area contributed by atoms with Crippen LogP contribution in [0.1, 0.15) is 38.5 Å². The van der Waals surface area contributed by atoms with Gasteiger partial charge in [-0.2, -0.15) is 0 Å². The lowest BCUT2D eigenvalue weighted by Gasteiger charge is -2.29. The fourth-order valence-electron chi connectivity index (χ4n) is 2.30. The largest absolute Gasteiger partial charge is 0.306 e. The number of nitrogens with one attached hydrogen (secondary N) is 1. The van der Waals surface area contributed by atoms with Crippen molar-refractivity contribution in [2.75, 3.05) is 20.1 Å². The second-order valence-electron chi connectivity index (χ2n) is 4.58. The van der Waals surface area contributed by atoms with Crippen molar-refractivity contribution < 1.29 is 4.79 Å². The molecule has 1 fully saturated rings. The fraction of sp³-hybridized carbons (Fsp3) is 0.909. The van der Waals surface area contributed by atoms with E-state index in [0.29, 0.717) is 6.42 Å². The first-order valence-electron chi connectivity index (χ1n) is 5.90. The van der Waals surface area contributed by atoms with Crippen LogP contribution < -0.4 is 11.3 Å². The Morgan fingerprint density at radius 2 is 2.33 bits per heavy atom. The molecule has 1 amide bonds. The van der Waals surface area contributed by atoms with Gasteiger partial charge in [0, 0.05) is 13.0 Å². The highest BCUT2D eigenvalue weighted by molar-refractivity contribution is 5.74. The van der Waals surface area contributed by atoms with Crippen molar-refractivity contribution in [3.63, 3.8) is 0 Å². The maximum Gasteiger partial charge on any atom is 0.233 e. The highest BCUT2D eigenvalue weighted by atomic mass is 16.2. The predicted molar refractivity (Wildman–Crippen MR) is 61.0 cm³/mol. The fourth-order valence-corrected chi connectivity index (χ4v) is 2.30. The average Bonchev–Trinajstić information content (AvgIpc) is 2.24. The molecule has 0 saturated carbocycles. The number of amides is 1. The van der Waals surface area contributed by atoms with Crippen LogP contribution >= 0.6 is 0 Å². The van der Waals surface area contributed by atoms with Crippen molar-refractivity contribution in [3.8, 4) is 0 Å². The molecule has 1 saturated heterocycles. The maximum absolute atomic E-state index is 10.9. The van der Waals surface area contributed by atoms with Crippen LogP contribution in [0, 0.1) is 5.92 Å². The Labute approximate surface area is 92.2 Å². The van der Waals surface area contributed by atoms with Gasteiger partial charge in [-0.05, 0) is 45.2 Å². The molecule has 15 heavy (non-hydrogen) atoms. The summed E-state index contributed by atoms with van der Waals surface area (Å²) >= 11 is 0. The summed E-state index contributed by atoms with van der Waals surface area (Å²) in [6.45, 7) is 2.47. The van der Waals surface area contributed by atoms with E-state index >= 15 is 0 Å². The second kappa shape index (κ2) is 6.80. The number of carbonyl (C=O) groups excluding carboxylic acids is 1. The maximum atomic E-state index is 10.9. The van der Waals surface area contributed by atoms with Crippen molar-refractivity contribution in [3.05, 3.63) is 0 Å². The van der Waals surface area contributed by atoms with Gasteiger partial charge in [-0.1, -0.05) is 6.42 Å². The van der Waals surface area contributed by atoms with E-state index in [4.69, 9.17) is 5.84 Å². The van der Waals surface area contributed by atoms with E-state index in [0.717, 1.165) is 18.8 Å². The molecule has 1 unspecified atom stereocenters. The molecule has 0 aliphatic carbocycles. The van der Waals surface area contributed by atoms with Gasteiger partial charge in [0.05, 0.1) is 0 Å². The number of unbranched alkanes of at least 4 members (excludes halogenated alkanes) is 1. The van der Waals surface area contributed by atoms with E-state index < -0.39 is 0 Å². The first-order valence-corrected chi connectivity index (χ1v) is 5.90. The number of likely N-dealkylation sites (tertiary alicyclic amines) is 1. The normalized spacial score (nSPS) is 22.7. The summed E-state index contributed by atoms with van der Waals surface area (Å²) in [5.41, 5.74) is 2.16. The molecule has 0 bridgehead atoms. The Hall–Kier alpha value is -0.610. The summed E-state index contributed by atoms with van der Waals surface area (Å²) in [7, 11) is 2.19. The average molecular weight is 213 g/mol. The molecule has 0 aromatic heterocycles. The number of hydrogen-bond acceptors (Lipinski definition) is 3. The van der Waals surface area contributed by atoms with Crippen molar-refractivity contribution in [2.24, 2.45) is 11.8 Å². The van der Waals surface area contributed by atoms with Crippen LogP contribution in [0.5, 0.6) is 0 Å². The number of nitrogens with two attached hydrogens (primary N) is 1. The van der Waals surface area contributed by atoms with Gasteiger partial charge < -0.3 is 4.90 Å². The van der Waals surface area contributed by atoms with Crippen LogP contribution in [0.25, 0.3) is 0 Å². The summed E-state index contributed by atoms with van der Waals surface area (Å²) in [4.78, 5) is 13.3. The van der Waals surface area contributed by atoms with Crippen molar-refractivity contribution in [1.82, 2.24) is 10.3 Å². The molecule has 1 aliphatic heterocycles. The lowest BCUT2D eigenvalue weighted by molar-refractivity contribution is -0.121. The number of hydrazine groups is 1. The van der Waals surface area contributed by atoms with Crippen LogP contribution in [-0.2, 0) is 4.79 Å². The van der Waals surface area contributed by atoms with E-state index in [9.17, 15) is 4.79 Å². The van der Waals surface area contributed by atoms with Crippen LogP contribution in [0.2, 0.25) is 0 Å². The van der Waals surface area contributed by atoms with Gasteiger partial charge in [-0.25, -0.2) is 5.84 Å². The third kappa shape index (κ3) is 5.14. The van der Waals surface area contributed by atoms with E-state index in [1.165, 1.54) is 32.4 Å². The molecule has 3 N–H and O–H groups in total. The van der Waals surface area contributed by atoms with Crippen LogP contribution in [0.15, 0.2) is 0 Å². The summed E-state index contributed by atoms with van der Waals surface area (Å²) in [5, 5.41) is 0. The summed E-state index contributed by atoms with van der Waals surface area (Å²) in [6.07, 6.45) is 6.61. The summed E-state index contributed by atoms with van der Waals surface area (Å²) < 4.78 is 0. The Morgan fingerprint density at radius 1 is 1.53 bits per heavy atom. The monoisotopic (exact) mass is 213 g/mol. The van der Waals surface area contributed by atoms with Crippen LogP contribution in [0.3, 0.4) is 0 Å². The Bertz CT molecular complexity index is 196. The molecular weight excluding hydrogens is 190 g/mol. The molecule has 1 rings (SSSR count). The molecule has 1 atom stereocenters. The minimum atomic E-state index is -0.0456. The van der Waals surface area contributed by atoms with Crippen LogP contribution in [-0.4, -0.2) is 30.9 Å². The molecule has 0 spiro atoms. The SMILES string of the molecule is CN1CCCC(CCCCC(=O)NN)C1. The quantitative estimate of drug-likeness (QED) is 0.308. The number of hydrogen-bond donors (Lipinski definition) is 2. The van der Waals surface area contributed by atoms with Gasteiger partial charge in [0.15, 0.2) is 0 Å². The summed E-state index contributed by atoms with van der Waals surface area (Å²) in [5.74, 6) is 5.80. The standard InChI is InChI=1S/C11H23N3O/c1-14-8-4-6-10(9-14)5-2-3-7-11(15)13-12/h10H,2-9,12H2,1H3,(H,13,15).